The van der Waals surface area contributed by atoms with Gasteiger partial charge < -0.3 is 10.5 Å². The lowest BCUT2D eigenvalue weighted by Crippen LogP contribution is -2.09. The molecule has 0 saturated carbocycles. The van der Waals surface area contributed by atoms with Crippen LogP contribution < -0.4 is 10.5 Å². The summed E-state index contributed by atoms with van der Waals surface area (Å²) in [6.07, 6.45) is 0. The third kappa shape index (κ3) is 3.09. The number of benzene rings is 2. The van der Waals surface area contributed by atoms with Crippen LogP contribution in [0.4, 0.5) is 8.78 Å². The molecule has 0 aliphatic heterocycles. The molecule has 19 heavy (non-hydrogen) atoms. The molecule has 0 amide bonds. The Morgan fingerprint density at radius 1 is 1.05 bits per heavy atom. The third-order valence-electron chi connectivity index (χ3n) is 2.82. The zero-order valence-corrected chi connectivity index (χ0v) is 10.6. The van der Waals surface area contributed by atoms with E-state index in [0.29, 0.717) is 11.1 Å². The molecule has 2 aromatic carbocycles. The fourth-order valence-electron chi connectivity index (χ4n) is 1.80. The molecule has 1 atom stereocenters. The van der Waals surface area contributed by atoms with Gasteiger partial charge in [0.25, 0.3) is 0 Å². The Labute approximate surface area is 110 Å². The molecule has 0 heterocycles. The van der Waals surface area contributed by atoms with Gasteiger partial charge in [-0.2, -0.15) is 0 Å². The van der Waals surface area contributed by atoms with Crippen LogP contribution in [0.3, 0.4) is 0 Å². The Morgan fingerprint density at radius 2 is 1.74 bits per heavy atom. The van der Waals surface area contributed by atoms with E-state index in [-0.39, 0.29) is 24.2 Å². The number of halogens is 2. The highest BCUT2D eigenvalue weighted by molar-refractivity contribution is 5.37. The maximum absolute atomic E-state index is 13.7. The highest BCUT2D eigenvalue weighted by Gasteiger charge is 2.13. The van der Waals surface area contributed by atoms with Crippen LogP contribution in [0.2, 0.25) is 0 Å². The van der Waals surface area contributed by atoms with Crippen LogP contribution in [0, 0.1) is 11.6 Å². The van der Waals surface area contributed by atoms with Crippen LogP contribution in [-0.2, 0) is 6.61 Å². The second-order valence-electron chi connectivity index (χ2n) is 4.33. The van der Waals surface area contributed by atoms with Crippen molar-refractivity contribution in [3.63, 3.8) is 0 Å². The first-order valence-electron chi connectivity index (χ1n) is 6.00. The highest BCUT2D eigenvalue weighted by Crippen LogP contribution is 2.27. The van der Waals surface area contributed by atoms with E-state index < -0.39 is 5.82 Å². The Hall–Kier alpha value is -1.94. The summed E-state index contributed by atoms with van der Waals surface area (Å²) in [6, 6.07) is 10.4. The van der Waals surface area contributed by atoms with Gasteiger partial charge in [0.2, 0.25) is 0 Å². The van der Waals surface area contributed by atoms with Crippen molar-refractivity contribution in [3.05, 3.63) is 65.2 Å². The second kappa shape index (κ2) is 5.80. The van der Waals surface area contributed by atoms with Gasteiger partial charge in [-0.25, -0.2) is 8.78 Å². The van der Waals surface area contributed by atoms with Gasteiger partial charge in [0.15, 0.2) is 11.6 Å². The topological polar surface area (TPSA) is 35.2 Å². The van der Waals surface area contributed by atoms with E-state index in [1.807, 2.05) is 0 Å². The smallest absolute Gasteiger partial charge is 0.165 e. The second-order valence-corrected chi connectivity index (χ2v) is 4.33. The maximum atomic E-state index is 13.7. The van der Waals surface area contributed by atoms with Gasteiger partial charge in [-0.1, -0.05) is 30.3 Å². The highest BCUT2D eigenvalue weighted by atomic mass is 19.1. The molecule has 2 rings (SSSR count). The fourth-order valence-corrected chi connectivity index (χ4v) is 1.80. The van der Waals surface area contributed by atoms with Crippen molar-refractivity contribution >= 4 is 0 Å². The minimum Gasteiger partial charge on any atom is -0.485 e. The monoisotopic (exact) mass is 263 g/mol. The molecule has 0 aliphatic carbocycles. The van der Waals surface area contributed by atoms with Crippen molar-refractivity contribution in [1.29, 1.82) is 0 Å². The largest absolute Gasteiger partial charge is 0.485 e. The predicted octanol–water partition coefficient (Wildman–Crippen LogP) is 3.56. The molecule has 2 N–H and O–H groups in total. The van der Waals surface area contributed by atoms with Crippen LogP contribution in [0.25, 0.3) is 0 Å². The summed E-state index contributed by atoms with van der Waals surface area (Å²) in [6.45, 7) is 1.71. The van der Waals surface area contributed by atoms with E-state index in [9.17, 15) is 8.78 Å². The van der Waals surface area contributed by atoms with Gasteiger partial charge in [0, 0.05) is 17.2 Å². The maximum Gasteiger partial charge on any atom is 0.165 e. The van der Waals surface area contributed by atoms with Crippen LogP contribution in [0.15, 0.2) is 42.5 Å². The minimum absolute atomic E-state index is 0.0344. The molecule has 0 radical (unpaired) electrons. The molecule has 100 valence electrons. The summed E-state index contributed by atoms with van der Waals surface area (Å²) in [5, 5.41) is 0. The Morgan fingerprint density at radius 3 is 2.42 bits per heavy atom. The van der Waals surface area contributed by atoms with Gasteiger partial charge >= 0.3 is 0 Å². The molecular weight excluding hydrogens is 248 g/mol. The summed E-state index contributed by atoms with van der Waals surface area (Å²) in [5.41, 5.74) is 6.70. The molecule has 0 spiro atoms. The van der Waals surface area contributed by atoms with E-state index in [1.165, 1.54) is 12.1 Å². The van der Waals surface area contributed by atoms with Crippen LogP contribution in [0.1, 0.15) is 24.1 Å². The molecule has 0 bridgehead atoms. The lowest BCUT2D eigenvalue weighted by atomic mass is 10.1. The van der Waals surface area contributed by atoms with Crippen molar-refractivity contribution < 1.29 is 13.5 Å². The van der Waals surface area contributed by atoms with Gasteiger partial charge in [-0.15, -0.1) is 0 Å². The van der Waals surface area contributed by atoms with Crippen molar-refractivity contribution in [3.8, 4) is 5.75 Å². The zero-order chi connectivity index (χ0) is 13.8. The van der Waals surface area contributed by atoms with Gasteiger partial charge in [0.05, 0.1) is 0 Å². The van der Waals surface area contributed by atoms with Crippen LogP contribution in [0.5, 0.6) is 5.75 Å². The Balaban J connectivity index is 2.22. The summed E-state index contributed by atoms with van der Waals surface area (Å²) in [7, 11) is 0. The molecule has 0 unspecified atom stereocenters. The number of ether oxygens (including phenoxy) is 1. The van der Waals surface area contributed by atoms with E-state index in [1.54, 1.807) is 37.3 Å². The molecule has 0 fully saturated rings. The number of para-hydroxylation sites is 1. The normalized spacial score (nSPS) is 12.2. The summed E-state index contributed by atoms with van der Waals surface area (Å²) in [4.78, 5) is 0. The predicted molar refractivity (Wildman–Crippen MR) is 69.7 cm³/mol. The molecule has 4 heteroatoms. The molecule has 2 aromatic rings. The van der Waals surface area contributed by atoms with E-state index in [0.717, 1.165) is 0 Å². The van der Waals surface area contributed by atoms with Crippen molar-refractivity contribution in [2.24, 2.45) is 5.73 Å². The number of nitrogens with two attached hydrogens (primary N) is 1. The van der Waals surface area contributed by atoms with Crippen molar-refractivity contribution in [1.82, 2.24) is 0 Å². The van der Waals surface area contributed by atoms with Gasteiger partial charge in [-0.05, 0) is 19.1 Å². The first-order valence-corrected chi connectivity index (χ1v) is 6.00. The van der Waals surface area contributed by atoms with Gasteiger partial charge in [0.1, 0.15) is 12.4 Å². The first-order chi connectivity index (χ1) is 9.09. The van der Waals surface area contributed by atoms with E-state index in [4.69, 9.17) is 10.5 Å². The fraction of sp³-hybridized carbons (Fsp3) is 0.200. The SMILES string of the molecule is C[C@H](N)c1cccc(F)c1OCc1ccccc1F. The average Bonchev–Trinajstić information content (AvgIpc) is 2.38. The number of hydrogen-bond donors (Lipinski definition) is 1. The van der Waals surface area contributed by atoms with Crippen molar-refractivity contribution in [2.45, 2.75) is 19.6 Å². The summed E-state index contributed by atoms with van der Waals surface area (Å²) in [5.74, 6) is -0.784. The van der Waals surface area contributed by atoms with E-state index >= 15 is 0 Å². The van der Waals surface area contributed by atoms with Crippen LogP contribution in [-0.4, -0.2) is 0 Å². The average molecular weight is 263 g/mol. The molecular formula is C15H15F2NO. The summed E-state index contributed by atoms with van der Waals surface area (Å²) >= 11 is 0. The lowest BCUT2D eigenvalue weighted by Gasteiger charge is -2.15. The lowest BCUT2D eigenvalue weighted by molar-refractivity contribution is 0.280. The minimum atomic E-state index is -0.494. The molecule has 0 aromatic heterocycles. The number of hydrogen-bond acceptors (Lipinski definition) is 2. The molecule has 0 saturated heterocycles. The molecule has 0 aliphatic rings. The standard InChI is InChI=1S/C15H15F2NO/c1-10(18)12-6-4-8-14(17)15(12)19-9-11-5-2-3-7-13(11)16/h2-8,10H,9,18H2,1H3/t10-/m0/s1. The molecule has 2 nitrogen and oxygen atoms in total. The number of rotatable bonds is 4. The van der Waals surface area contributed by atoms with Crippen LogP contribution >= 0.6 is 0 Å². The Kier molecular flexibility index (Phi) is 4.12. The quantitative estimate of drug-likeness (QED) is 0.915. The summed E-state index contributed by atoms with van der Waals surface area (Å²) < 4.78 is 32.6. The third-order valence-corrected chi connectivity index (χ3v) is 2.82. The first kappa shape index (κ1) is 13.5. The van der Waals surface area contributed by atoms with Gasteiger partial charge in [-0.3, -0.25) is 0 Å². The van der Waals surface area contributed by atoms with Crippen molar-refractivity contribution in [2.75, 3.05) is 0 Å². The zero-order valence-electron chi connectivity index (χ0n) is 10.6. The Bertz CT molecular complexity index is 570. The van der Waals surface area contributed by atoms with E-state index in [2.05, 4.69) is 0 Å².